The number of carbonyl (C=O) groups is 1. The summed E-state index contributed by atoms with van der Waals surface area (Å²) in [5.41, 5.74) is 1.03. The molecule has 0 aliphatic heterocycles. The molecule has 2 aromatic rings. The first kappa shape index (κ1) is 12.7. The van der Waals surface area contributed by atoms with Gasteiger partial charge in [0.1, 0.15) is 12.3 Å². The third-order valence-corrected chi connectivity index (χ3v) is 2.55. The summed E-state index contributed by atoms with van der Waals surface area (Å²) in [6.45, 7) is 0.0575. The first-order valence-electron chi connectivity index (χ1n) is 5.46. The van der Waals surface area contributed by atoms with E-state index in [0.29, 0.717) is 11.3 Å². The second-order valence-electron chi connectivity index (χ2n) is 3.84. The van der Waals surface area contributed by atoms with E-state index in [0.717, 1.165) is 0 Å². The quantitative estimate of drug-likeness (QED) is 0.474. The van der Waals surface area contributed by atoms with E-state index in [1.165, 1.54) is 23.0 Å². The summed E-state index contributed by atoms with van der Waals surface area (Å²) in [6, 6.07) is 7.39. The molecule has 19 heavy (non-hydrogen) atoms. The van der Waals surface area contributed by atoms with E-state index in [4.69, 9.17) is 4.74 Å². The number of ether oxygens (including phenoxy) is 1. The molecule has 0 radical (unpaired) electrons. The van der Waals surface area contributed by atoms with Gasteiger partial charge in [-0.05, 0) is 23.8 Å². The minimum absolute atomic E-state index is 0.00158. The number of nitro groups is 1. The number of benzene rings is 1. The number of nitrogens with zero attached hydrogens (tertiary/aromatic N) is 3. The van der Waals surface area contributed by atoms with Gasteiger partial charge in [0.25, 0.3) is 5.69 Å². The van der Waals surface area contributed by atoms with Crippen molar-refractivity contribution in [3.8, 4) is 0 Å². The number of esters is 1. The van der Waals surface area contributed by atoms with Crippen LogP contribution in [0.1, 0.15) is 16.1 Å². The van der Waals surface area contributed by atoms with Gasteiger partial charge in [-0.15, -0.1) is 0 Å². The zero-order chi connectivity index (χ0) is 13.8. The van der Waals surface area contributed by atoms with Gasteiger partial charge in [0.2, 0.25) is 0 Å². The van der Waals surface area contributed by atoms with Crippen LogP contribution in [-0.4, -0.2) is 20.7 Å². The lowest BCUT2D eigenvalue weighted by Crippen LogP contribution is -2.10. The summed E-state index contributed by atoms with van der Waals surface area (Å²) in [6.07, 6.45) is 1.50. The summed E-state index contributed by atoms with van der Waals surface area (Å²) in [5, 5.41) is 14.3. The van der Waals surface area contributed by atoms with Gasteiger partial charge in [-0.1, -0.05) is 0 Å². The molecule has 0 atom stereocenters. The molecule has 1 aromatic heterocycles. The maximum atomic E-state index is 11.7. The van der Waals surface area contributed by atoms with E-state index < -0.39 is 10.9 Å². The molecule has 0 aliphatic carbocycles. The molecule has 2 rings (SSSR count). The summed E-state index contributed by atoms with van der Waals surface area (Å²) >= 11 is 0. The van der Waals surface area contributed by atoms with Crippen molar-refractivity contribution >= 4 is 11.7 Å². The first-order chi connectivity index (χ1) is 9.08. The molecule has 0 N–H and O–H groups in total. The zero-order valence-electron chi connectivity index (χ0n) is 10.1. The first-order valence-corrected chi connectivity index (χ1v) is 5.46. The second-order valence-corrected chi connectivity index (χ2v) is 3.84. The number of non-ortho nitro benzene ring substituents is 1. The Morgan fingerprint density at radius 2 is 2.05 bits per heavy atom. The number of hydrogen-bond donors (Lipinski definition) is 0. The van der Waals surface area contributed by atoms with Crippen LogP contribution in [0.3, 0.4) is 0 Å². The monoisotopic (exact) mass is 261 g/mol. The van der Waals surface area contributed by atoms with E-state index in [1.54, 1.807) is 25.2 Å². The molecule has 0 aliphatic rings. The Morgan fingerprint density at radius 1 is 1.37 bits per heavy atom. The van der Waals surface area contributed by atoms with Crippen LogP contribution in [0.25, 0.3) is 0 Å². The van der Waals surface area contributed by atoms with Gasteiger partial charge in [0, 0.05) is 25.4 Å². The molecule has 0 saturated carbocycles. The summed E-state index contributed by atoms with van der Waals surface area (Å²) in [7, 11) is 1.64. The van der Waals surface area contributed by atoms with Crippen LogP contribution in [0.15, 0.2) is 36.5 Å². The molecule has 0 fully saturated rings. The van der Waals surface area contributed by atoms with Gasteiger partial charge >= 0.3 is 5.97 Å². The Labute approximate surface area is 108 Å². The second kappa shape index (κ2) is 5.30. The van der Waals surface area contributed by atoms with Crippen molar-refractivity contribution in [2.75, 3.05) is 0 Å². The normalized spacial score (nSPS) is 10.2. The van der Waals surface area contributed by atoms with Gasteiger partial charge in [0.05, 0.1) is 4.92 Å². The highest BCUT2D eigenvalue weighted by atomic mass is 16.6. The van der Waals surface area contributed by atoms with Crippen molar-refractivity contribution in [2.24, 2.45) is 7.05 Å². The van der Waals surface area contributed by atoms with E-state index in [-0.39, 0.29) is 12.3 Å². The minimum Gasteiger partial charge on any atom is -0.456 e. The third kappa shape index (κ3) is 2.95. The molecule has 7 nitrogen and oxygen atoms in total. The lowest BCUT2D eigenvalue weighted by Gasteiger charge is -2.04. The van der Waals surface area contributed by atoms with Crippen molar-refractivity contribution in [1.29, 1.82) is 0 Å². The molecule has 98 valence electrons. The van der Waals surface area contributed by atoms with Crippen LogP contribution < -0.4 is 0 Å². The highest BCUT2D eigenvalue weighted by Gasteiger charge is 2.11. The minimum atomic E-state index is -0.488. The SMILES string of the molecule is Cn1nccc1C(=O)OCc1ccc([N+](=O)[O-])cc1. The number of hydrogen-bond acceptors (Lipinski definition) is 5. The molecule has 0 bridgehead atoms. The molecule has 7 heteroatoms. The molecule has 0 spiro atoms. The van der Waals surface area contributed by atoms with Gasteiger partial charge in [-0.3, -0.25) is 14.8 Å². The average Bonchev–Trinajstić information content (AvgIpc) is 2.83. The number of aromatic nitrogens is 2. The zero-order valence-corrected chi connectivity index (χ0v) is 10.1. The fourth-order valence-corrected chi connectivity index (χ4v) is 1.51. The Balaban J connectivity index is 1.97. The number of aryl methyl sites for hydroxylation is 1. The molecule has 1 heterocycles. The highest BCUT2D eigenvalue weighted by Crippen LogP contribution is 2.13. The van der Waals surface area contributed by atoms with Crippen molar-refractivity contribution in [1.82, 2.24) is 9.78 Å². The fraction of sp³-hybridized carbons (Fsp3) is 0.167. The van der Waals surface area contributed by atoms with Crippen molar-refractivity contribution in [3.63, 3.8) is 0 Å². The summed E-state index contributed by atoms with van der Waals surface area (Å²) < 4.78 is 6.50. The smallest absolute Gasteiger partial charge is 0.356 e. The molecule has 0 amide bonds. The highest BCUT2D eigenvalue weighted by molar-refractivity contribution is 5.87. The Morgan fingerprint density at radius 3 is 2.58 bits per heavy atom. The molecular formula is C12H11N3O4. The van der Waals surface area contributed by atoms with Crippen LogP contribution in [0.5, 0.6) is 0 Å². The maximum Gasteiger partial charge on any atom is 0.356 e. The molecule has 1 aromatic carbocycles. The van der Waals surface area contributed by atoms with E-state index in [2.05, 4.69) is 5.10 Å². The van der Waals surface area contributed by atoms with E-state index >= 15 is 0 Å². The Bertz CT molecular complexity index is 604. The molecular weight excluding hydrogens is 250 g/mol. The van der Waals surface area contributed by atoms with Gasteiger partial charge < -0.3 is 4.74 Å². The topological polar surface area (TPSA) is 87.3 Å². The standard InChI is InChI=1S/C12H11N3O4/c1-14-11(6-7-13-14)12(16)19-8-9-2-4-10(5-3-9)15(17)18/h2-7H,8H2,1H3. The van der Waals surface area contributed by atoms with E-state index in [9.17, 15) is 14.9 Å². The van der Waals surface area contributed by atoms with Crippen LogP contribution in [0.2, 0.25) is 0 Å². The van der Waals surface area contributed by atoms with Crippen molar-refractivity contribution in [2.45, 2.75) is 6.61 Å². The number of rotatable bonds is 4. The number of carbonyl (C=O) groups excluding carboxylic acids is 1. The lowest BCUT2D eigenvalue weighted by atomic mass is 10.2. The Kier molecular flexibility index (Phi) is 3.56. The van der Waals surface area contributed by atoms with Crippen molar-refractivity contribution < 1.29 is 14.5 Å². The largest absolute Gasteiger partial charge is 0.456 e. The van der Waals surface area contributed by atoms with Crippen LogP contribution in [0, 0.1) is 10.1 Å². The van der Waals surface area contributed by atoms with Gasteiger partial charge in [-0.25, -0.2) is 4.79 Å². The third-order valence-electron chi connectivity index (χ3n) is 2.55. The maximum absolute atomic E-state index is 11.7. The van der Waals surface area contributed by atoms with Crippen LogP contribution in [0.4, 0.5) is 5.69 Å². The van der Waals surface area contributed by atoms with Crippen LogP contribution >= 0.6 is 0 Å². The summed E-state index contributed by atoms with van der Waals surface area (Å²) in [5.74, 6) is -0.488. The van der Waals surface area contributed by atoms with Gasteiger partial charge in [0.15, 0.2) is 0 Å². The van der Waals surface area contributed by atoms with Crippen molar-refractivity contribution in [3.05, 3.63) is 57.9 Å². The predicted octanol–water partition coefficient (Wildman–Crippen LogP) is 1.69. The molecule has 0 unspecified atom stereocenters. The van der Waals surface area contributed by atoms with Crippen LogP contribution in [-0.2, 0) is 18.4 Å². The average molecular weight is 261 g/mol. The molecule has 0 saturated heterocycles. The van der Waals surface area contributed by atoms with Gasteiger partial charge in [-0.2, -0.15) is 5.10 Å². The lowest BCUT2D eigenvalue weighted by molar-refractivity contribution is -0.384. The predicted molar refractivity (Wildman–Crippen MR) is 65.4 cm³/mol. The number of nitro benzene ring substituents is 1. The Hall–Kier alpha value is -2.70. The summed E-state index contributed by atoms with van der Waals surface area (Å²) in [4.78, 5) is 21.7. The van der Waals surface area contributed by atoms with E-state index in [1.807, 2.05) is 0 Å². The fourth-order valence-electron chi connectivity index (χ4n) is 1.51.